The first-order chi connectivity index (χ1) is 9.22. The molecule has 0 spiro atoms. The van der Waals surface area contributed by atoms with Gasteiger partial charge in [-0.1, -0.05) is 11.6 Å². The molecule has 0 aromatic heterocycles. The number of anilines is 3. The largest absolute Gasteiger partial charge is 0.486 e. The lowest BCUT2D eigenvalue weighted by molar-refractivity contribution is 0.171. The lowest BCUT2D eigenvalue weighted by Crippen LogP contribution is -2.15. The molecule has 98 valence electrons. The van der Waals surface area contributed by atoms with Gasteiger partial charge in [0.1, 0.15) is 13.2 Å². The van der Waals surface area contributed by atoms with Gasteiger partial charge in [0.2, 0.25) is 0 Å². The highest BCUT2D eigenvalue weighted by Crippen LogP contribution is 2.34. The van der Waals surface area contributed by atoms with Gasteiger partial charge in [0.15, 0.2) is 11.5 Å². The van der Waals surface area contributed by atoms with E-state index in [1.54, 1.807) is 12.1 Å². The quantitative estimate of drug-likeness (QED) is 0.825. The van der Waals surface area contributed by atoms with Crippen LogP contribution in [0, 0.1) is 0 Å². The molecule has 5 heteroatoms. The summed E-state index contributed by atoms with van der Waals surface area (Å²) in [5.41, 5.74) is 8.20. The van der Waals surface area contributed by atoms with Gasteiger partial charge in [0, 0.05) is 16.8 Å². The van der Waals surface area contributed by atoms with Crippen molar-refractivity contribution in [3.63, 3.8) is 0 Å². The molecule has 1 aliphatic rings. The van der Waals surface area contributed by atoms with Crippen molar-refractivity contribution in [1.29, 1.82) is 0 Å². The Bertz CT molecular complexity index is 616. The van der Waals surface area contributed by atoms with Gasteiger partial charge in [-0.3, -0.25) is 0 Å². The van der Waals surface area contributed by atoms with Gasteiger partial charge in [-0.15, -0.1) is 0 Å². The van der Waals surface area contributed by atoms with E-state index in [1.807, 2.05) is 24.3 Å². The Balaban J connectivity index is 1.87. The summed E-state index contributed by atoms with van der Waals surface area (Å²) in [6.45, 7) is 1.16. The van der Waals surface area contributed by atoms with Crippen molar-refractivity contribution in [2.24, 2.45) is 0 Å². The second-order valence-corrected chi connectivity index (χ2v) is 4.65. The van der Waals surface area contributed by atoms with Crippen LogP contribution in [0.2, 0.25) is 5.02 Å². The zero-order valence-electron chi connectivity index (χ0n) is 10.2. The van der Waals surface area contributed by atoms with Crippen LogP contribution in [0.15, 0.2) is 36.4 Å². The standard InChI is InChI=1S/C14H13ClN2O2/c15-9-1-3-12(11(16)7-9)17-10-2-4-13-14(8-10)19-6-5-18-13/h1-4,7-8,17H,5-6,16H2. The fourth-order valence-electron chi connectivity index (χ4n) is 1.92. The second-order valence-electron chi connectivity index (χ2n) is 4.22. The number of ether oxygens (including phenoxy) is 2. The first kappa shape index (κ1) is 12.0. The van der Waals surface area contributed by atoms with Gasteiger partial charge in [-0.2, -0.15) is 0 Å². The Kier molecular flexibility index (Phi) is 3.09. The van der Waals surface area contributed by atoms with Crippen LogP contribution in [0.4, 0.5) is 17.1 Å². The molecule has 2 aromatic carbocycles. The van der Waals surface area contributed by atoms with Gasteiger partial charge in [0.25, 0.3) is 0 Å². The number of nitrogens with one attached hydrogen (secondary N) is 1. The lowest BCUT2D eigenvalue weighted by atomic mass is 10.2. The number of hydrogen-bond acceptors (Lipinski definition) is 4. The van der Waals surface area contributed by atoms with Crippen molar-refractivity contribution in [2.75, 3.05) is 24.3 Å². The molecule has 0 atom stereocenters. The van der Waals surface area contributed by atoms with Crippen LogP contribution in [0.3, 0.4) is 0 Å². The molecule has 0 saturated heterocycles. The normalized spacial score (nSPS) is 13.1. The molecule has 0 amide bonds. The highest BCUT2D eigenvalue weighted by Gasteiger charge is 2.12. The number of fused-ring (bicyclic) bond motifs is 1. The van der Waals surface area contributed by atoms with Crippen LogP contribution in [-0.4, -0.2) is 13.2 Å². The molecule has 4 nitrogen and oxygen atoms in total. The average molecular weight is 277 g/mol. The van der Waals surface area contributed by atoms with E-state index >= 15 is 0 Å². The molecule has 0 saturated carbocycles. The maximum absolute atomic E-state index is 5.90. The monoisotopic (exact) mass is 276 g/mol. The van der Waals surface area contributed by atoms with Gasteiger partial charge in [-0.25, -0.2) is 0 Å². The van der Waals surface area contributed by atoms with E-state index in [9.17, 15) is 0 Å². The fourth-order valence-corrected chi connectivity index (χ4v) is 2.10. The van der Waals surface area contributed by atoms with E-state index in [1.165, 1.54) is 0 Å². The Morgan fingerprint density at radius 1 is 1.00 bits per heavy atom. The van der Waals surface area contributed by atoms with Crippen LogP contribution in [0.25, 0.3) is 0 Å². The van der Waals surface area contributed by atoms with Gasteiger partial charge in [0.05, 0.1) is 11.4 Å². The van der Waals surface area contributed by atoms with Crippen LogP contribution in [0.1, 0.15) is 0 Å². The van der Waals surface area contributed by atoms with Gasteiger partial charge < -0.3 is 20.5 Å². The third kappa shape index (κ3) is 2.53. The van der Waals surface area contributed by atoms with Crippen LogP contribution in [0.5, 0.6) is 11.5 Å². The molecule has 0 unspecified atom stereocenters. The fraction of sp³-hybridized carbons (Fsp3) is 0.143. The van der Waals surface area contributed by atoms with E-state index < -0.39 is 0 Å². The molecular formula is C14H13ClN2O2. The molecular weight excluding hydrogens is 264 g/mol. The summed E-state index contributed by atoms with van der Waals surface area (Å²) in [5.74, 6) is 1.50. The molecule has 1 heterocycles. The zero-order chi connectivity index (χ0) is 13.2. The van der Waals surface area contributed by atoms with Crippen molar-refractivity contribution in [2.45, 2.75) is 0 Å². The van der Waals surface area contributed by atoms with Crippen molar-refractivity contribution >= 4 is 28.7 Å². The van der Waals surface area contributed by atoms with Crippen LogP contribution in [-0.2, 0) is 0 Å². The topological polar surface area (TPSA) is 56.5 Å². The summed E-state index contributed by atoms with van der Waals surface area (Å²) >= 11 is 5.87. The smallest absolute Gasteiger partial charge is 0.163 e. The summed E-state index contributed by atoms with van der Waals surface area (Å²) in [5, 5.41) is 3.85. The number of rotatable bonds is 2. The SMILES string of the molecule is Nc1cc(Cl)ccc1Nc1ccc2c(c1)OCCO2. The first-order valence-corrected chi connectivity index (χ1v) is 6.32. The molecule has 1 aliphatic heterocycles. The summed E-state index contributed by atoms with van der Waals surface area (Å²) in [6.07, 6.45) is 0. The molecule has 0 aliphatic carbocycles. The van der Waals surface area contributed by atoms with E-state index in [0.717, 1.165) is 22.9 Å². The number of nitrogen functional groups attached to an aromatic ring is 1. The van der Waals surface area contributed by atoms with Crippen LogP contribution >= 0.6 is 11.6 Å². The summed E-state index contributed by atoms with van der Waals surface area (Å²) in [6, 6.07) is 11.0. The summed E-state index contributed by atoms with van der Waals surface area (Å²) in [7, 11) is 0. The number of benzene rings is 2. The third-order valence-corrected chi connectivity index (χ3v) is 3.07. The Labute approximate surface area is 116 Å². The molecule has 3 N–H and O–H groups in total. The minimum atomic E-state index is 0.569. The Hall–Kier alpha value is -2.07. The molecule has 0 fully saturated rings. The maximum Gasteiger partial charge on any atom is 0.163 e. The average Bonchev–Trinajstić information content (AvgIpc) is 2.42. The minimum absolute atomic E-state index is 0.569. The van der Waals surface area contributed by atoms with E-state index in [0.29, 0.717) is 23.9 Å². The summed E-state index contributed by atoms with van der Waals surface area (Å²) < 4.78 is 11.0. The lowest BCUT2D eigenvalue weighted by Gasteiger charge is -2.19. The van der Waals surface area contributed by atoms with E-state index in [4.69, 9.17) is 26.8 Å². The number of halogens is 1. The van der Waals surface area contributed by atoms with Crippen molar-refractivity contribution in [3.8, 4) is 11.5 Å². The number of hydrogen-bond donors (Lipinski definition) is 2. The molecule has 19 heavy (non-hydrogen) atoms. The zero-order valence-corrected chi connectivity index (χ0v) is 10.9. The highest BCUT2D eigenvalue weighted by atomic mass is 35.5. The Morgan fingerprint density at radius 2 is 1.79 bits per heavy atom. The first-order valence-electron chi connectivity index (χ1n) is 5.94. The van der Waals surface area contributed by atoms with E-state index in [2.05, 4.69) is 5.32 Å². The molecule has 0 bridgehead atoms. The molecule has 0 radical (unpaired) electrons. The predicted octanol–water partition coefficient (Wildman–Crippen LogP) is 3.44. The number of nitrogens with two attached hydrogens (primary N) is 1. The maximum atomic E-state index is 5.90. The van der Waals surface area contributed by atoms with Crippen LogP contribution < -0.4 is 20.5 Å². The van der Waals surface area contributed by atoms with Crippen molar-refractivity contribution in [1.82, 2.24) is 0 Å². The molecule has 3 rings (SSSR count). The second kappa shape index (κ2) is 4.90. The molecule has 2 aromatic rings. The van der Waals surface area contributed by atoms with Crippen molar-refractivity contribution < 1.29 is 9.47 Å². The predicted molar refractivity (Wildman–Crippen MR) is 76.6 cm³/mol. The highest BCUT2D eigenvalue weighted by molar-refractivity contribution is 6.31. The van der Waals surface area contributed by atoms with Gasteiger partial charge in [-0.05, 0) is 30.3 Å². The van der Waals surface area contributed by atoms with E-state index in [-0.39, 0.29) is 0 Å². The summed E-state index contributed by atoms with van der Waals surface area (Å²) in [4.78, 5) is 0. The van der Waals surface area contributed by atoms with Crippen molar-refractivity contribution in [3.05, 3.63) is 41.4 Å². The Morgan fingerprint density at radius 3 is 2.58 bits per heavy atom. The van der Waals surface area contributed by atoms with Gasteiger partial charge >= 0.3 is 0 Å². The third-order valence-electron chi connectivity index (χ3n) is 2.83. The minimum Gasteiger partial charge on any atom is -0.486 e.